The number of hydrogen-bond acceptors (Lipinski definition) is 3. The van der Waals surface area contributed by atoms with Crippen LogP contribution in [0.25, 0.3) is 0 Å². The molecular weight excluding hydrogens is 228 g/mol. The first kappa shape index (κ1) is 13.1. The fourth-order valence-electron chi connectivity index (χ4n) is 2.38. The second-order valence-corrected chi connectivity index (χ2v) is 5.94. The van der Waals surface area contributed by atoms with E-state index >= 15 is 0 Å². The first-order chi connectivity index (χ1) is 8.38. The van der Waals surface area contributed by atoms with Gasteiger partial charge < -0.3 is 4.90 Å². The molecule has 0 aromatic carbocycles. The van der Waals surface area contributed by atoms with Crippen LogP contribution < -0.4 is 0 Å². The van der Waals surface area contributed by atoms with Gasteiger partial charge in [-0.15, -0.1) is 11.3 Å². The van der Waals surface area contributed by atoms with Crippen LogP contribution in [0.4, 0.5) is 0 Å². The first-order valence-electron chi connectivity index (χ1n) is 6.85. The number of nitrogens with zero attached hydrogens (tertiary/aromatic N) is 2. The van der Waals surface area contributed by atoms with Gasteiger partial charge >= 0.3 is 0 Å². The molecule has 1 aromatic heterocycles. The molecule has 0 N–H and O–H groups in total. The zero-order valence-electron chi connectivity index (χ0n) is 10.9. The topological polar surface area (TPSA) is 6.48 Å². The molecule has 0 spiro atoms. The van der Waals surface area contributed by atoms with Crippen LogP contribution in [-0.2, 0) is 6.54 Å². The second-order valence-electron chi connectivity index (χ2n) is 4.90. The van der Waals surface area contributed by atoms with Crippen molar-refractivity contribution >= 4 is 11.3 Å². The van der Waals surface area contributed by atoms with Crippen LogP contribution >= 0.6 is 11.3 Å². The zero-order valence-corrected chi connectivity index (χ0v) is 11.7. The molecule has 0 aliphatic carbocycles. The van der Waals surface area contributed by atoms with Crippen molar-refractivity contribution in [1.82, 2.24) is 9.80 Å². The highest BCUT2D eigenvalue weighted by molar-refractivity contribution is 7.09. The van der Waals surface area contributed by atoms with E-state index in [4.69, 9.17) is 0 Å². The Hall–Kier alpha value is -0.380. The van der Waals surface area contributed by atoms with E-state index in [2.05, 4.69) is 34.2 Å². The van der Waals surface area contributed by atoms with E-state index < -0.39 is 0 Å². The van der Waals surface area contributed by atoms with Crippen molar-refractivity contribution in [2.45, 2.75) is 32.7 Å². The van der Waals surface area contributed by atoms with Gasteiger partial charge in [0.15, 0.2) is 0 Å². The molecule has 1 saturated heterocycles. The van der Waals surface area contributed by atoms with Crippen molar-refractivity contribution in [3.05, 3.63) is 22.4 Å². The molecule has 0 amide bonds. The normalized spacial score (nSPS) is 18.6. The lowest BCUT2D eigenvalue weighted by Crippen LogP contribution is -2.45. The van der Waals surface area contributed by atoms with Crippen molar-refractivity contribution in [3.8, 4) is 0 Å². The standard InChI is InChI=1S/C14H24N2S/c1-2-3-4-7-15-8-10-16(11-9-15)13-14-6-5-12-17-14/h5-6,12H,2-4,7-11,13H2,1H3. The van der Waals surface area contributed by atoms with Gasteiger partial charge in [-0.2, -0.15) is 0 Å². The molecule has 0 atom stereocenters. The van der Waals surface area contributed by atoms with Crippen LogP contribution in [-0.4, -0.2) is 42.5 Å². The van der Waals surface area contributed by atoms with E-state index in [1.54, 1.807) is 0 Å². The van der Waals surface area contributed by atoms with Crippen LogP contribution in [0.15, 0.2) is 17.5 Å². The van der Waals surface area contributed by atoms with Crippen molar-refractivity contribution in [2.75, 3.05) is 32.7 Å². The lowest BCUT2D eigenvalue weighted by atomic mass is 10.2. The molecule has 96 valence electrons. The summed E-state index contributed by atoms with van der Waals surface area (Å²) in [5.41, 5.74) is 0. The largest absolute Gasteiger partial charge is 0.301 e. The summed E-state index contributed by atoms with van der Waals surface area (Å²) in [4.78, 5) is 6.72. The van der Waals surface area contributed by atoms with Gasteiger partial charge in [-0.3, -0.25) is 4.90 Å². The predicted octanol–water partition coefficient (Wildman–Crippen LogP) is 3.06. The Morgan fingerprint density at radius 2 is 1.88 bits per heavy atom. The van der Waals surface area contributed by atoms with Crippen molar-refractivity contribution in [1.29, 1.82) is 0 Å². The van der Waals surface area contributed by atoms with Gasteiger partial charge in [0.05, 0.1) is 0 Å². The van der Waals surface area contributed by atoms with Gasteiger partial charge in [0, 0.05) is 37.6 Å². The minimum Gasteiger partial charge on any atom is -0.301 e. The summed E-state index contributed by atoms with van der Waals surface area (Å²) >= 11 is 1.88. The third kappa shape index (κ3) is 4.41. The van der Waals surface area contributed by atoms with E-state index in [0.717, 1.165) is 6.54 Å². The van der Waals surface area contributed by atoms with E-state index in [1.165, 1.54) is 56.9 Å². The number of rotatable bonds is 6. The molecule has 2 rings (SSSR count). The van der Waals surface area contributed by atoms with Gasteiger partial charge in [-0.1, -0.05) is 25.8 Å². The van der Waals surface area contributed by atoms with Gasteiger partial charge in [0.1, 0.15) is 0 Å². The Morgan fingerprint density at radius 1 is 1.12 bits per heavy atom. The highest BCUT2D eigenvalue weighted by Gasteiger charge is 2.16. The van der Waals surface area contributed by atoms with Crippen LogP contribution in [0, 0.1) is 0 Å². The van der Waals surface area contributed by atoms with Crippen LogP contribution in [0.5, 0.6) is 0 Å². The summed E-state index contributed by atoms with van der Waals surface area (Å²) in [6, 6.07) is 4.40. The van der Waals surface area contributed by atoms with E-state index in [0.29, 0.717) is 0 Å². The van der Waals surface area contributed by atoms with Crippen LogP contribution in [0.2, 0.25) is 0 Å². The maximum atomic E-state index is 2.63. The molecule has 3 heteroatoms. The lowest BCUT2D eigenvalue weighted by Gasteiger charge is -2.34. The number of hydrogen-bond donors (Lipinski definition) is 0. The molecule has 0 radical (unpaired) electrons. The van der Waals surface area contributed by atoms with Crippen molar-refractivity contribution < 1.29 is 0 Å². The first-order valence-corrected chi connectivity index (χ1v) is 7.73. The van der Waals surface area contributed by atoms with Crippen molar-refractivity contribution in [3.63, 3.8) is 0 Å². The summed E-state index contributed by atoms with van der Waals surface area (Å²) in [5, 5.41) is 2.18. The van der Waals surface area contributed by atoms with Gasteiger partial charge in [0.2, 0.25) is 0 Å². The molecule has 1 aromatic rings. The molecule has 2 heterocycles. The minimum absolute atomic E-state index is 1.15. The average molecular weight is 252 g/mol. The maximum absolute atomic E-state index is 2.63. The quantitative estimate of drug-likeness (QED) is 0.718. The number of piperazine rings is 1. The maximum Gasteiger partial charge on any atom is 0.0328 e. The molecule has 0 bridgehead atoms. The van der Waals surface area contributed by atoms with Crippen molar-refractivity contribution in [2.24, 2.45) is 0 Å². The monoisotopic (exact) mass is 252 g/mol. The SMILES string of the molecule is CCCCCN1CCN(Cc2cccs2)CC1. The summed E-state index contributed by atoms with van der Waals surface area (Å²) in [6.07, 6.45) is 4.09. The molecule has 1 fully saturated rings. The highest BCUT2D eigenvalue weighted by Crippen LogP contribution is 2.13. The lowest BCUT2D eigenvalue weighted by molar-refractivity contribution is 0.126. The third-order valence-electron chi connectivity index (χ3n) is 3.50. The fourth-order valence-corrected chi connectivity index (χ4v) is 3.13. The van der Waals surface area contributed by atoms with Gasteiger partial charge in [-0.25, -0.2) is 0 Å². The third-order valence-corrected chi connectivity index (χ3v) is 4.36. The summed E-state index contributed by atoms with van der Waals surface area (Å²) in [5.74, 6) is 0. The average Bonchev–Trinajstić information content (AvgIpc) is 2.85. The van der Waals surface area contributed by atoms with E-state index in [-0.39, 0.29) is 0 Å². The number of thiophene rings is 1. The van der Waals surface area contributed by atoms with E-state index in [1.807, 2.05) is 11.3 Å². The fraction of sp³-hybridized carbons (Fsp3) is 0.714. The van der Waals surface area contributed by atoms with Crippen LogP contribution in [0.3, 0.4) is 0 Å². The molecule has 0 unspecified atom stereocenters. The molecule has 2 nitrogen and oxygen atoms in total. The Kier molecular flexibility index (Phi) is 5.49. The molecule has 0 saturated carbocycles. The smallest absolute Gasteiger partial charge is 0.0328 e. The second kappa shape index (κ2) is 7.14. The highest BCUT2D eigenvalue weighted by atomic mass is 32.1. The van der Waals surface area contributed by atoms with Gasteiger partial charge in [0.25, 0.3) is 0 Å². The predicted molar refractivity (Wildman–Crippen MR) is 75.6 cm³/mol. The molecule has 1 aliphatic rings. The van der Waals surface area contributed by atoms with Gasteiger partial charge in [-0.05, 0) is 24.4 Å². The Morgan fingerprint density at radius 3 is 2.53 bits per heavy atom. The summed E-state index contributed by atoms with van der Waals surface area (Å²) < 4.78 is 0. The molecule has 1 aliphatic heterocycles. The molecule has 17 heavy (non-hydrogen) atoms. The number of unbranched alkanes of at least 4 members (excludes halogenated alkanes) is 2. The zero-order chi connectivity index (χ0) is 11.9. The van der Waals surface area contributed by atoms with E-state index in [9.17, 15) is 0 Å². The summed E-state index contributed by atoms with van der Waals surface area (Å²) in [7, 11) is 0. The Balaban J connectivity index is 1.64. The Bertz CT molecular complexity index is 289. The minimum atomic E-state index is 1.15. The van der Waals surface area contributed by atoms with Crippen LogP contribution in [0.1, 0.15) is 31.1 Å². The summed E-state index contributed by atoms with van der Waals surface area (Å²) in [6.45, 7) is 9.73. The Labute approximate surface area is 109 Å². The molecular formula is C14H24N2S.